The van der Waals surface area contributed by atoms with Crippen LogP contribution >= 0.6 is 0 Å². The number of phenols is 1. The van der Waals surface area contributed by atoms with E-state index in [2.05, 4.69) is 5.18 Å². The van der Waals surface area contributed by atoms with Gasteiger partial charge in [-0.15, -0.1) is 4.91 Å². The number of nitrogens with zero attached hydrogens (tertiary/aromatic N) is 1. The second-order valence-electron chi connectivity index (χ2n) is 1.84. The summed E-state index contributed by atoms with van der Waals surface area (Å²) < 4.78 is 0. The molecule has 10 heavy (non-hydrogen) atoms. The van der Waals surface area contributed by atoms with Crippen LogP contribution in [0.3, 0.4) is 0 Å². The van der Waals surface area contributed by atoms with Crippen LogP contribution in [0.2, 0.25) is 0 Å². The van der Waals surface area contributed by atoms with Crippen molar-refractivity contribution in [1.82, 2.24) is 0 Å². The van der Waals surface area contributed by atoms with E-state index in [4.69, 9.17) is 10.8 Å². The fourth-order valence-electron chi connectivity index (χ4n) is 0.618. The molecule has 0 saturated carbocycles. The van der Waals surface area contributed by atoms with Crippen molar-refractivity contribution in [2.75, 3.05) is 5.73 Å². The fraction of sp³-hybridized carbons (Fsp3) is 0. The van der Waals surface area contributed by atoms with Gasteiger partial charge in [-0.2, -0.15) is 0 Å². The first-order chi connectivity index (χ1) is 4.74. The average Bonchev–Trinajstić information content (AvgIpc) is 1.88. The molecule has 0 bridgehead atoms. The summed E-state index contributed by atoms with van der Waals surface area (Å²) in [4.78, 5) is 9.89. The first-order valence-corrected chi connectivity index (χ1v) is 2.66. The second kappa shape index (κ2) is 2.34. The highest BCUT2D eigenvalue weighted by Gasteiger charge is 1.98. The summed E-state index contributed by atoms with van der Waals surface area (Å²) in [5, 5.41) is 11.5. The minimum absolute atomic E-state index is 0.00852. The number of hydrogen-bond acceptors (Lipinski definition) is 4. The van der Waals surface area contributed by atoms with Crippen molar-refractivity contribution in [3.63, 3.8) is 0 Å². The van der Waals surface area contributed by atoms with Gasteiger partial charge in [0.05, 0.1) is 0 Å². The van der Waals surface area contributed by atoms with Crippen LogP contribution in [0.5, 0.6) is 5.75 Å². The topological polar surface area (TPSA) is 75.7 Å². The maximum absolute atomic E-state index is 9.89. The Morgan fingerprint density at radius 1 is 1.50 bits per heavy atom. The highest BCUT2D eigenvalue weighted by Crippen LogP contribution is 2.27. The van der Waals surface area contributed by atoms with Gasteiger partial charge in [0.2, 0.25) is 0 Å². The van der Waals surface area contributed by atoms with Crippen LogP contribution in [0.1, 0.15) is 0 Å². The van der Waals surface area contributed by atoms with Crippen LogP contribution in [0, 0.1) is 4.91 Å². The van der Waals surface area contributed by atoms with Gasteiger partial charge in [-0.05, 0) is 17.3 Å². The lowest BCUT2D eigenvalue weighted by molar-refractivity contribution is 0.477. The van der Waals surface area contributed by atoms with E-state index in [0.717, 1.165) is 0 Å². The Balaban J connectivity index is 3.19. The third kappa shape index (κ3) is 1.05. The molecule has 0 aliphatic carbocycles. The van der Waals surface area contributed by atoms with Crippen LogP contribution in [0.4, 0.5) is 11.4 Å². The lowest BCUT2D eigenvalue weighted by atomic mass is 10.3. The molecule has 0 aliphatic heterocycles. The molecule has 52 valence electrons. The summed E-state index contributed by atoms with van der Waals surface area (Å²) in [6, 6.07) is 4.13. The molecule has 0 radical (unpaired) electrons. The van der Waals surface area contributed by atoms with Gasteiger partial charge < -0.3 is 10.8 Å². The first kappa shape index (κ1) is 6.54. The number of hydrogen-bond donors (Lipinski definition) is 2. The van der Waals surface area contributed by atoms with E-state index in [0.29, 0.717) is 5.69 Å². The van der Waals surface area contributed by atoms with Crippen LogP contribution in [-0.4, -0.2) is 5.11 Å². The minimum atomic E-state index is -0.185. The third-order valence-corrected chi connectivity index (χ3v) is 1.10. The zero-order valence-corrected chi connectivity index (χ0v) is 5.11. The van der Waals surface area contributed by atoms with Crippen molar-refractivity contribution < 1.29 is 5.11 Å². The molecule has 4 heteroatoms. The third-order valence-electron chi connectivity index (χ3n) is 1.10. The molecule has 0 saturated heterocycles. The van der Waals surface area contributed by atoms with Gasteiger partial charge in [0.1, 0.15) is 11.4 Å². The van der Waals surface area contributed by atoms with E-state index in [1.165, 1.54) is 18.2 Å². The molecule has 0 heterocycles. The Morgan fingerprint density at radius 3 is 2.70 bits per heavy atom. The van der Waals surface area contributed by atoms with E-state index in [1.807, 2.05) is 0 Å². The van der Waals surface area contributed by atoms with Crippen LogP contribution < -0.4 is 5.73 Å². The van der Waals surface area contributed by atoms with Crippen molar-refractivity contribution in [2.24, 2.45) is 5.18 Å². The number of rotatable bonds is 1. The van der Waals surface area contributed by atoms with Crippen LogP contribution in [0.15, 0.2) is 23.4 Å². The predicted molar refractivity (Wildman–Crippen MR) is 38.0 cm³/mol. The molecule has 3 N–H and O–H groups in total. The molecule has 0 aliphatic rings. The highest BCUT2D eigenvalue weighted by molar-refractivity contribution is 5.58. The summed E-state index contributed by atoms with van der Waals surface area (Å²) in [6.07, 6.45) is 0. The van der Waals surface area contributed by atoms with Gasteiger partial charge in [0.25, 0.3) is 0 Å². The molecule has 1 aromatic rings. The molecule has 4 nitrogen and oxygen atoms in total. The summed E-state index contributed by atoms with van der Waals surface area (Å²) in [6.45, 7) is 0. The summed E-state index contributed by atoms with van der Waals surface area (Å²) in [5.74, 6) is -0.185. The van der Waals surface area contributed by atoms with Gasteiger partial charge >= 0.3 is 0 Å². The number of anilines is 1. The molecular weight excluding hydrogens is 132 g/mol. The number of nitrogen functional groups attached to an aromatic ring is 1. The van der Waals surface area contributed by atoms with E-state index in [1.54, 1.807) is 0 Å². The highest BCUT2D eigenvalue weighted by atomic mass is 16.3. The maximum atomic E-state index is 9.89. The van der Waals surface area contributed by atoms with Crippen molar-refractivity contribution >= 4 is 11.4 Å². The zero-order chi connectivity index (χ0) is 7.56. The lowest BCUT2D eigenvalue weighted by Crippen LogP contribution is -1.81. The Labute approximate surface area is 57.3 Å². The molecule has 0 amide bonds. The van der Waals surface area contributed by atoms with E-state index in [-0.39, 0.29) is 11.4 Å². The Kier molecular flexibility index (Phi) is 1.53. The SMILES string of the molecule is Nc1ccc(N=O)c(O)c1. The molecular formula is C6H6N2O2. The Morgan fingerprint density at radius 2 is 2.20 bits per heavy atom. The quantitative estimate of drug-likeness (QED) is 0.454. The van der Waals surface area contributed by atoms with Crippen LogP contribution in [0.25, 0.3) is 0 Å². The van der Waals surface area contributed by atoms with Crippen LogP contribution in [-0.2, 0) is 0 Å². The van der Waals surface area contributed by atoms with Gasteiger partial charge in [-0.1, -0.05) is 0 Å². The Hall–Kier alpha value is -1.58. The van der Waals surface area contributed by atoms with Crippen molar-refractivity contribution in [2.45, 2.75) is 0 Å². The summed E-state index contributed by atoms with van der Waals surface area (Å²) in [7, 11) is 0. The molecule has 0 unspecified atom stereocenters. The standard InChI is InChI=1S/C6H6N2O2/c7-4-1-2-5(8-10)6(9)3-4/h1-3,9H,7H2. The van der Waals surface area contributed by atoms with Crippen molar-refractivity contribution in [3.8, 4) is 5.75 Å². The molecule has 1 rings (SSSR count). The molecule has 0 aromatic heterocycles. The number of nitrogens with two attached hydrogens (primary N) is 1. The van der Waals surface area contributed by atoms with Gasteiger partial charge in [-0.25, -0.2) is 0 Å². The smallest absolute Gasteiger partial charge is 0.149 e. The normalized spacial score (nSPS) is 9.20. The molecule has 1 aromatic carbocycles. The Bertz CT molecular complexity index is 260. The first-order valence-electron chi connectivity index (χ1n) is 2.66. The predicted octanol–water partition coefficient (Wildman–Crippen LogP) is 1.37. The van der Waals surface area contributed by atoms with Crippen molar-refractivity contribution in [1.29, 1.82) is 0 Å². The van der Waals surface area contributed by atoms with E-state index < -0.39 is 0 Å². The van der Waals surface area contributed by atoms with Crippen molar-refractivity contribution in [3.05, 3.63) is 23.1 Å². The van der Waals surface area contributed by atoms with Gasteiger partial charge in [0.15, 0.2) is 0 Å². The number of phenolic OH excluding ortho intramolecular Hbond substituents is 1. The largest absolute Gasteiger partial charge is 0.505 e. The second-order valence-corrected chi connectivity index (χ2v) is 1.84. The summed E-state index contributed by atoms with van der Waals surface area (Å²) >= 11 is 0. The monoisotopic (exact) mass is 138 g/mol. The summed E-state index contributed by atoms with van der Waals surface area (Å²) in [5.41, 5.74) is 5.69. The number of aromatic hydroxyl groups is 1. The van der Waals surface area contributed by atoms with E-state index in [9.17, 15) is 4.91 Å². The number of nitroso groups, excluding NO2 is 1. The average molecular weight is 138 g/mol. The lowest BCUT2D eigenvalue weighted by Gasteiger charge is -1.95. The fourth-order valence-corrected chi connectivity index (χ4v) is 0.618. The van der Waals surface area contributed by atoms with E-state index >= 15 is 0 Å². The van der Waals surface area contributed by atoms with Gasteiger partial charge in [0, 0.05) is 11.8 Å². The maximum Gasteiger partial charge on any atom is 0.149 e. The minimum Gasteiger partial charge on any atom is -0.505 e. The molecule has 0 atom stereocenters. The zero-order valence-electron chi connectivity index (χ0n) is 5.11. The van der Waals surface area contributed by atoms with Gasteiger partial charge in [-0.3, -0.25) is 0 Å². The molecule has 0 spiro atoms. The number of benzene rings is 1. The molecule has 0 fully saturated rings.